The molecule has 0 fully saturated rings. The van der Waals surface area contributed by atoms with E-state index in [4.69, 9.17) is 0 Å². The third kappa shape index (κ3) is 6.37. The maximum Gasteiger partial charge on any atom is 0.324 e. The Morgan fingerprint density at radius 1 is 1.39 bits per heavy atom. The molecule has 0 spiro atoms. The van der Waals surface area contributed by atoms with E-state index in [1.165, 1.54) is 42.8 Å². The maximum absolute atomic E-state index is 10.5. The minimum atomic E-state index is -0.333. The van der Waals surface area contributed by atoms with Gasteiger partial charge in [-0.15, -0.1) is 0 Å². The van der Waals surface area contributed by atoms with E-state index in [0.717, 1.165) is 18.7 Å². The van der Waals surface area contributed by atoms with E-state index in [1.807, 2.05) is 17.1 Å². The molecular weight excluding hydrogens is 268 g/mol. The highest BCUT2D eigenvalue weighted by atomic mass is 32.2. The minimum Gasteiger partial charge on any atom is -0.313 e. The van der Waals surface area contributed by atoms with Crippen LogP contribution in [-0.4, -0.2) is 23.5 Å². The molecule has 0 radical (unpaired) electrons. The predicted octanol–water partition coefficient (Wildman–Crippen LogP) is 3.67. The molecule has 6 heteroatoms. The Kier molecular flexibility index (Phi) is 8.04. The van der Waals surface area contributed by atoms with Crippen LogP contribution in [0, 0.1) is 10.1 Å². The lowest BCUT2D eigenvalue weighted by Crippen LogP contribution is -2.14. The molecule has 1 aromatic rings. The van der Waals surface area contributed by atoms with Crippen LogP contribution < -0.4 is 5.32 Å². The summed E-state index contributed by atoms with van der Waals surface area (Å²) < 4.78 is 0. The highest BCUT2D eigenvalue weighted by molar-refractivity contribution is 7.98. The molecule has 1 N–H and O–H groups in total. The Balaban J connectivity index is 2.02. The maximum atomic E-state index is 10.5. The van der Waals surface area contributed by atoms with E-state index in [0.29, 0.717) is 0 Å². The molecule has 1 rings (SSSR count). The van der Waals surface area contributed by atoms with Crippen LogP contribution in [0.2, 0.25) is 0 Å². The van der Waals surface area contributed by atoms with E-state index in [9.17, 15) is 10.1 Å². The summed E-state index contributed by atoms with van der Waals surface area (Å²) >= 11 is 3.10. The zero-order valence-electron chi connectivity index (χ0n) is 10.7. The summed E-state index contributed by atoms with van der Waals surface area (Å²) in [6, 6.07) is 1.65. The second-order valence-electron chi connectivity index (χ2n) is 4.13. The second kappa shape index (κ2) is 9.35. The van der Waals surface area contributed by atoms with Crippen molar-refractivity contribution in [1.29, 1.82) is 0 Å². The first-order valence-electron chi connectivity index (χ1n) is 6.15. The molecule has 0 aliphatic rings. The molecule has 4 nitrogen and oxygen atoms in total. The van der Waals surface area contributed by atoms with Gasteiger partial charge in [0.1, 0.15) is 0 Å². The Morgan fingerprint density at radius 2 is 2.17 bits per heavy atom. The molecule has 0 aliphatic heterocycles. The van der Waals surface area contributed by atoms with Gasteiger partial charge in [-0.2, -0.15) is 11.8 Å². The van der Waals surface area contributed by atoms with Gasteiger partial charge in [0.2, 0.25) is 0 Å². The van der Waals surface area contributed by atoms with Gasteiger partial charge in [0.15, 0.2) is 0 Å². The predicted molar refractivity (Wildman–Crippen MR) is 79.5 cm³/mol. The van der Waals surface area contributed by atoms with Crippen molar-refractivity contribution in [2.75, 3.05) is 18.6 Å². The number of hydrogen-bond acceptors (Lipinski definition) is 5. The number of nitro groups is 1. The van der Waals surface area contributed by atoms with Crippen molar-refractivity contribution in [3.63, 3.8) is 0 Å². The molecule has 0 saturated carbocycles. The fourth-order valence-corrected chi connectivity index (χ4v) is 2.86. The minimum absolute atomic E-state index is 0.226. The van der Waals surface area contributed by atoms with Crippen LogP contribution in [0.15, 0.2) is 11.4 Å². The van der Waals surface area contributed by atoms with Gasteiger partial charge >= 0.3 is 5.00 Å². The van der Waals surface area contributed by atoms with Crippen LogP contribution >= 0.6 is 23.1 Å². The SMILES string of the molecule is CSCCCCCCNCc1csc([N+](=O)[O-])c1. The molecule has 1 aromatic heterocycles. The summed E-state index contributed by atoms with van der Waals surface area (Å²) in [5.74, 6) is 1.26. The van der Waals surface area contributed by atoms with Gasteiger partial charge in [-0.3, -0.25) is 10.1 Å². The zero-order valence-corrected chi connectivity index (χ0v) is 12.3. The summed E-state index contributed by atoms with van der Waals surface area (Å²) in [7, 11) is 0. The standard InChI is InChI=1S/C12H20N2O2S2/c1-17-7-5-3-2-4-6-13-9-11-8-12(14(15)16)18-10-11/h8,10,13H,2-7,9H2,1H3. The van der Waals surface area contributed by atoms with Crippen LogP contribution in [0.1, 0.15) is 31.2 Å². The van der Waals surface area contributed by atoms with Crippen LogP contribution in [0.25, 0.3) is 0 Å². The first-order chi connectivity index (χ1) is 8.74. The molecule has 0 unspecified atom stereocenters. The van der Waals surface area contributed by atoms with Crippen molar-refractivity contribution in [2.24, 2.45) is 0 Å². The van der Waals surface area contributed by atoms with Gasteiger partial charge in [-0.1, -0.05) is 24.2 Å². The Hall–Kier alpha value is -0.590. The average Bonchev–Trinajstić information content (AvgIpc) is 2.81. The van der Waals surface area contributed by atoms with Gasteiger partial charge in [0.25, 0.3) is 0 Å². The smallest absolute Gasteiger partial charge is 0.313 e. The number of unbranched alkanes of at least 4 members (excludes halogenated alkanes) is 3. The lowest BCUT2D eigenvalue weighted by atomic mass is 10.2. The number of thiophene rings is 1. The number of nitrogens with one attached hydrogen (secondary N) is 1. The third-order valence-electron chi connectivity index (χ3n) is 2.60. The normalized spacial score (nSPS) is 10.7. The lowest BCUT2D eigenvalue weighted by molar-refractivity contribution is -0.380. The molecule has 18 heavy (non-hydrogen) atoms. The summed E-state index contributed by atoms with van der Waals surface area (Å²) in [5.41, 5.74) is 1.01. The van der Waals surface area contributed by atoms with E-state index in [1.54, 1.807) is 6.07 Å². The van der Waals surface area contributed by atoms with Gasteiger partial charge in [-0.05, 0) is 37.0 Å². The van der Waals surface area contributed by atoms with E-state index in [2.05, 4.69) is 11.6 Å². The van der Waals surface area contributed by atoms with Crippen molar-refractivity contribution in [1.82, 2.24) is 5.32 Å². The average molecular weight is 288 g/mol. The molecule has 0 saturated heterocycles. The molecule has 0 bridgehead atoms. The summed E-state index contributed by atoms with van der Waals surface area (Å²) in [6.45, 7) is 1.72. The first-order valence-corrected chi connectivity index (χ1v) is 8.43. The lowest BCUT2D eigenvalue weighted by Gasteiger charge is -2.03. The summed E-state index contributed by atoms with van der Waals surface area (Å²) in [5, 5.41) is 15.9. The molecule has 1 heterocycles. The largest absolute Gasteiger partial charge is 0.324 e. The Bertz CT molecular complexity index is 356. The quantitative estimate of drug-likeness (QED) is 0.405. The fraction of sp³-hybridized carbons (Fsp3) is 0.667. The first kappa shape index (κ1) is 15.5. The van der Waals surface area contributed by atoms with E-state index >= 15 is 0 Å². The van der Waals surface area contributed by atoms with Gasteiger partial charge in [0.05, 0.1) is 4.92 Å². The van der Waals surface area contributed by atoms with Crippen molar-refractivity contribution >= 4 is 28.1 Å². The van der Waals surface area contributed by atoms with Crippen molar-refractivity contribution in [2.45, 2.75) is 32.2 Å². The number of nitrogens with zero attached hydrogens (tertiary/aromatic N) is 1. The summed E-state index contributed by atoms with van der Waals surface area (Å²) in [4.78, 5) is 10.2. The molecule has 0 amide bonds. The van der Waals surface area contributed by atoms with Gasteiger partial charge in [0, 0.05) is 18.0 Å². The van der Waals surface area contributed by atoms with Crippen LogP contribution in [0.5, 0.6) is 0 Å². The molecule has 0 atom stereocenters. The van der Waals surface area contributed by atoms with Crippen LogP contribution in [-0.2, 0) is 6.54 Å². The summed E-state index contributed by atoms with van der Waals surface area (Å²) in [6.07, 6.45) is 7.18. The van der Waals surface area contributed by atoms with Crippen LogP contribution in [0.4, 0.5) is 5.00 Å². The molecule has 0 aromatic carbocycles. The van der Waals surface area contributed by atoms with Gasteiger partial charge in [-0.25, -0.2) is 0 Å². The van der Waals surface area contributed by atoms with Crippen molar-refractivity contribution < 1.29 is 4.92 Å². The molecule has 0 aliphatic carbocycles. The highest BCUT2D eigenvalue weighted by Crippen LogP contribution is 2.22. The van der Waals surface area contributed by atoms with E-state index < -0.39 is 0 Å². The fourth-order valence-electron chi connectivity index (χ4n) is 1.63. The molecular formula is C12H20N2O2S2. The molecule has 102 valence electrons. The Morgan fingerprint density at radius 3 is 2.83 bits per heavy atom. The third-order valence-corrected chi connectivity index (χ3v) is 4.23. The topological polar surface area (TPSA) is 55.2 Å². The highest BCUT2D eigenvalue weighted by Gasteiger charge is 2.08. The van der Waals surface area contributed by atoms with E-state index in [-0.39, 0.29) is 9.92 Å². The van der Waals surface area contributed by atoms with Gasteiger partial charge < -0.3 is 5.32 Å². The number of hydrogen-bond donors (Lipinski definition) is 1. The van der Waals surface area contributed by atoms with Crippen molar-refractivity contribution in [3.8, 4) is 0 Å². The zero-order chi connectivity index (χ0) is 13.2. The Labute approximate surface area is 116 Å². The second-order valence-corrected chi connectivity index (χ2v) is 6.01. The number of rotatable bonds is 10. The number of thioether (sulfide) groups is 1. The van der Waals surface area contributed by atoms with Crippen molar-refractivity contribution in [3.05, 3.63) is 27.1 Å². The van der Waals surface area contributed by atoms with Crippen LogP contribution in [0.3, 0.4) is 0 Å². The monoisotopic (exact) mass is 288 g/mol.